The number of hydrogen-bond acceptors (Lipinski definition) is 4. The van der Waals surface area contributed by atoms with Gasteiger partial charge in [0.05, 0.1) is 16.6 Å². The van der Waals surface area contributed by atoms with Gasteiger partial charge in [-0.25, -0.2) is 8.78 Å². The predicted octanol–water partition coefficient (Wildman–Crippen LogP) is 2.15. The van der Waals surface area contributed by atoms with Crippen molar-refractivity contribution in [3.05, 3.63) is 39.4 Å². The van der Waals surface area contributed by atoms with Gasteiger partial charge in [-0.15, -0.1) is 0 Å². The number of nitrogens with one attached hydrogen (secondary N) is 1. The first-order valence-electron chi connectivity index (χ1n) is 6.38. The predicted molar refractivity (Wildman–Crippen MR) is 70.9 cm³/mol. The minimum Gasteiger partial charge on any atom is -0.388 e. The first-order valence-corrected chi connectivity index (χ1v) is 6.38. The van der Waals surface area contributed by atoms with Crippen LogP contribution < -0.4 is 5.32 Å². The molecule has 0 aliphatic heterocycles. The topological polar surface area (TPSA) is 92.5 Å². The van der Waals surface area contributed by atoms with Gasteiger partial charge in [0.25, 0.3) is 11.6 Å². The van der Waals surface area contributed by atoms with Crippen molar-refractivity contribution in [3.8, 4) is 0 Å². The third-order valence-electron chi connectivity index (χ3n) is 3.37. The molecule has 0 aliphatic carbocycles. The fourth-order valence-electron chi connectivity index (χ4n) is 1.71. The van der Waals surface area contributed by atoms with E-state index < -0.39 is 39.3 Å². The zero-order valence-electron chi connectivity index (χ0n) is 11.7. The molecule has 0 saturated heterocycles. The average Bonchev–Trinajstić information content (AvgIpc) is 2.46. The zero-order valence-corrected chi connectivity index (χ0v) is 11.7. The monoisotopic (exact) mass is 302 g/mol. The minimum atomic E-state index is -1.41. The van der Waals surface area contributed by atoms with Crippen molar-refractivity contribution in [1.82, 2.24) is 5.32 Å². The summed E-state index contributed by atoms with van der Waals surface area (Å²) in [6, 6.07) is 0.829. The first-order chi connectivity index (χ1) is 9.74. The molecule has 0 radical (unpaired) electrons. The second-order valence-corrected chi connectivity index (χ2v) is 4.65. The maximum atomic E-state index is 13.2. The van der Waals surface area contributed by atoms with Crippen molar-refractivity contribution < 1.29 is 23.6 Å². The van der Waals surface area contributed by atoms with E-state index in [2.05, 4.69) is 5.32 Å². The summed E-state index contributed by atoms with van der Waals surface area (Å²) in [4.78, 5) is 21.7. The van der Waals surface area contributed by atoms with Crippen LogP contribution in [0.3, 0.4) is 0 Å². The van der Waals surface area contributed by atoms with E-state index in [9.17, 15) is 28.8 Å². The first kappa shape index (κ1) is 17.0. The largest absolute Gasteiger partial charge is 0.388 e. The molecule has 0 fully saturated rings. The quantitative estimate of drug-likeness (QED) is 0.622. The molecular weight excluding hydrogens is 286 g/mol. The smallest absolute Gasteiger partial charge is 0.285 e. The average molecular weight is 302 g/mol. The van der Waals surface area contributed by atoms with E-state index in [0.29, 0.717) is 25.0 Å². The molecule has 0 bridgehead atoms. The van der Waals surface area contributed by atoms with Crippen LogP contribution in [0.1, 0.15) is 37.0 Å². The lowest BCUT2D eigenvalue weighted by Crippen LogP contribution is -2.42. The molecule has 21 heavy (non-hydrogen) atoms. The Morgan fingerprint density at radius 2 is 1.86 bits per heavy atom. The van der Waals surface area contributed by atoms with Crippen molar-refractivity contribution in [2.24, 2.45) is 0 Å². The Morgan fingerprint density at radius 1 is 1.33 bits per heavy atom. The SMILES string of the molecule is CCC(O)(CC)CNC(=O)c1cc(F)c(F)cc1[N+](=O)[O-]. The van der Waals surface area contributed by atoms with E-state index in [1.165, 1.54) is 0 Å². The third-order valence-corrected chi connectivity index (χ3v) is 3.37. The third kappa shape index (κ3) is 3.94. The highest BCUT2D eigenvalue weighted by atomic mass is 19.2. The van der Waals surface area contributed by atoms with Gasteiger partial charge in [0.15, 0.2) is 11.6 Å². The summed E-state index contributed by atoms with van der Waals surface area (Å²) in [5.74, 6) is -3.70. The normalized spacial score (nSPS) is 11.3. The highest BCUT2D eigenvalue weighted by Gasteiger charge is 2.27. The fourth-order valence-corrected chi connectivity index (χ4v) is 1.71. The molecule has 0 atom stereocenters. The number of amides is 1. The molecule has 1 aromatic carbocycles. The Kier molecular flexibility index (Phi) is 5.31. The van der Waals surface area contributed by atoms with E-state index in [4.69, 9.17) is 0 Å². The molecule has 8 heteroatoms. The van der Waals surface area contributed by atoms with Crippen LogP contribution in [0.5, 0.6) is 0 Å². The molecule has 6 nitrogen and oxygen atoms in total. The van der Waals surface area contributed by atoms with E-state index >= 15 is 0 Å². The molecule has 1 aromatic rings. The second-order valence-electron chi connectivity index (χ2n) is 4.65. The number of aliphatic hydroxyl groups is 1. The van der Waals surface area contributed by atoms with E-state index in [-0.39, 0.29) is 6.54 Å². The van der Waals surface area contributed by atoms with Crippen LogP contribution in [-0.4, -0.2) is 28.1 Å². The summed E-state index contributed by atoms with van der Waals surface area (Å²) in [6.45, 7) is 3.29. The number of halogens is 2. The lowest BCUT2D eigenvalue weighted by atomic mass is 9.97. The number of hydrogen-bond donors (Lipinski definition) is 2. The molecule has 0 saturated carbocycles. The minimum absolute atomic E-state index is 0.144. The van der Waals surface area contributed by atoms with Crippen molar-refractivity contribution in [2.75, 3.05) is 6.54 Å². The van der Waals surface area contributed by atoms with Gasteiger partial charge >= 0.3 is 0 Å². The number of rotatable bonds is 6. The Hall–Kier alpha value is -2.09. The summed E-state index contributed by atoms with van der Waals surface area (Å²) >= 11 is 0. The number of carbonyl (C=O) groups is 1. The van der Waals surface area contributed by atoms with Gasteiger partial charge in [0.1, 0.15) is 5.56 Å². The summed E-state index contributed by atoms with van der Waals surface area (Å²) in [7, 11) is 0. The van der Waals surface area contributed by atoms with Crippen LogP contribution in [0.2, 0.25) is 0 Å². The zero-order chi connectivity index (χ0) is 16.2. The van der Waals surface area contributed by atoms with Crippen LogP contribution in [0, 0.1) is 21.7 Å². The van der Waals surface area contributed by atoms with Crippen molar-refractivity contribution in [1.29, 1.82) is 0 Å². The Labute approximate surface area is 119 Å². The summed E-state index contributed by atoms with van der Waals surface area (Å²) in [6.07, 6.45) is 0.729. The molecule has 116 valence electrons. The second kappa shape index (κ2) is 6.57. The number of nitro benzene ring substituents is 1. The number of nitrogens with zero attached hydrogens (tertiary/aromatic N) is 1. The molecule has 0 spiro atoms. The van der Waals surface area contributed by atoms with E-state index in [1.54, 1.807) is 13.8 Å². The molecule has 0 aliphatic rings. The van der Waals surface area contributed by atoms with Gasteiger partial charge in [-0.1, -0.05) is 13.8 Å². The van der Waals surface area contributed by atoms with E-state index in [0.717, 1.165) is 0 Å². The maximum absolute atomic E-state index is 13.2. The van der Waals surface area contributed by atoms with Crippen LogP contribution in [0.25, 0.3) is 0 Å². The van der Waals surface area contributed by atoms with Gasteiger partial charge in [-0.05, 0) is 18.9 Å². The number of carbonyl (C=O) groups excluding carboxylic acids is 1. The molecule has 0 aromatic heterocycles. The molecular formula is C13H16F2N2O4. The lowest BCUT2D eigenvalue weighted by molar-refractivity contribution is -0.385. The number of benzene rings is 1. The highest BCUT2D eigenvalue weighted by molar-refractivity contribution is 5.98. The standard InChI is InChI=1S/C13H16F2N2O4/c1-3-13(19,4-2)7-16-12(18)8-5-9(14)10(15)6-11(8)17(20)21/h5-6,19H,3-4,7H2,1-2H3,(H,16,18). The van der Waals surface area contributed by atoms with Crippen molar-refractivity contribution in [3.63, 3.8) is 0 Å². The van der Waals surface area contributed by atoms with Gasteiger partial charge in [-0.2, -0.15) is 0 Å². The molecule has 0 heterocycles. The van der Waals surface area contributed by atoms with Gasteiger partial charge in [0, 0.05) is 6.54 Å². The molecule has 0 unspecified atom stereocenters. The van der Waals surface area contributed by atoms with Crippen molar-refractivity contribution >= 4 is 11.6 Å². The van der Waals surface area contributed by atoms with Crippen LogP contribution >= 0.6 is 0 Å². The van der Waals surface area contributed by atoms with E-state index in [1.807, 2.05) is 0 Å². The summed E-state index contributed by atoms with van der Waals surface area (Å²) < 4.78 is 26.2. The maximum Gasteiger partial charge on any atom is 0.285 e. The molecule has 1 amide bonds. The lowest BCUT2D eigenvalue weighted by Gasteiger charge is -2.25. The summed E-state index contributed by atoms with van der Waals surface area (Å²) in [5, 5.41) is 23.1. The number of nitro groups is 1. The van der Waals surface area contributed by atoms with Crippen molar-refractivity contribution in [2.45, 2.75) is 32.3 Å². The molecule has 2 N–H and O–H groups in total. The fraction of sp³-hybridized carbons (Fsp3) is 0.462. The van der Waals surface area contributed by atoms with Gasteiger partial charge < -0.3 is 10.4 Å². The van der Waals surface area contributed by atoms with Crippen LogP contribution in [-0.2, 0) is 0 Å². The Bertz CT molecular complexity index is 559. The van der Waals surface area contributed by atoms with Crippen LogP contribution in [0.15, 0.2) is 12.1 Å². The van der Waals surface area contributed by atoms with Gasteiger partial charge in [-0.3, -0.25) is 14.9 Å². The Morgan fingerprint density at radius 3 is 2.33 bits per heavy atom. The molecule has 1 rings (SSSR count). The Balaban J connectivity index is 3.02. The summed E-state index contributed by atoms with van der Waals surface area (Å²) in [5.41, 5.74) is -2.57. The highest BCUT2D eigenvalue weighted by Crippen LogP contribution is 2.22. The van der Waals surface area contributed by atoms with Gasteiger partial charge in [0.2, 0.25) is 0 Å². The van der Waals surface area contributed by atoms with Crippen LogP contribution in [0.4, 0.5) is 14.5 Å².